The Kier molecular flexibility index (Phi) is 7.23. The van der Waals surface area contributed by atoms with E-state index in [1.54, 1.807) is 11.1 Å². The quantitative estimate of drug-likeness (QED) is 0.176. The molecule has 0 saturated heterocycles. The van der Waals surface area contributed by atoms with Gasteiger partial charge in [-0.15, -0.1) is 0 Å². The molecule has 6 aromatic rings. The fourth-order valence-corrected chi connectivity index (χ4v) is 11.9. The summed E-state index contributed by atoms with van der Waals surface area (Å²) in [6.07, 6.45) is 6.72. The third-order valence-corrected chi connectivity index (χ3v) is 13.9. The summed E-state index contributed by atoms with van der Waals surface area (Å²) < 4.78 is 0. The minimum Gasteiger partial charge on any atom is -0.310 e. The molecular formula is C51H49N. The number of benzene rings is 6. The topological polar surface area (TPSA) is 3.24 Å². The molecule has 2 saturated carbocycles. The summed E-state index contributed by atoms with van der Waals surface area (Å²) in [7, 11) is 0. The van der Waals surface area contributed by atoms with E-state index in [9.17, 15) is 0 Å². The van der Waals surface area contributed by atoms with Gasteiger partial charge in [-0.1, -0.05) is 143 Å². The molecule has 6 aromatic carbocycles. The Morgan fingerprint density at radius 2 is 1.15 bits per heavy atom. The Labute approximate surface area is 310 Å². The molecule has 1 nitrogen and oxygen atoms in total. The first-order valence-corrected chi connectivity index (χ1v) is 19.8. The van der Waals surface area contributed by atoms with Gasteiger partial charge in [0.15, 0.2) is 0 Å². The first-order valence-electron chi connectivity index (χ1n) is 19.8. The lowest BCUT2D eigenvalue weighted by Crippen LogP contribution is -2.50. The highest BCUT2D eigenvalue weighted by Gasteiger charge is 2.57. The van der Waals surface area contributed by atoms with Crippen LogP contribution in [0.1, 0.15) is 82.1 Å². The molecule has 4 aliphatic rings. The molecule has 2 bridgehead atoms. The highest BCUT2D eigenvalue weighted by atomic mass is 15.1. The smallest absolute Gasteiger partial charge is 0.0540 e. The van der Waals surface area contributed by atoms with Gasteiger partial charge in [0.2, 0.25) is 0 Å². The number of anilines is 3. The second kappa shape index (κ2) is 11.8. The highest BCUT2D eigenvalue weighted by molar-refractivity contribution is 5.93. The van der Waals surface area contributed by atoms with E-state index in [0.29, 0.717) is 11.8 Å². The van der Waals surface area contributed by atoms with Crippen LogP contribution >= 0.6 is 0 Å². The van der Waals surface area contributed by atoms with Gasteiger partial charge in [0, 0.05) is 27.8 Å². The van der Waals surface area contributed by atoms with Crippen molar-refractivity contribution >= 4 is 17.1 Å². The van der Waals surface area contributed by atoms with Crippen molar-refractivity contribution in [1.82, 2.24) is 0 Å². The Morgan fingerprint density at radius 1 is 0.538 bits per heavy atom. The summed E-state index contributed by atoms with van der Waals surface area (Å²) in [6, 6.07) is 53.2. The Bertz CT molecular complexity index is 2330. The molecule has 4 aliphatic carbocycles. The van der Waals surface area contributed by atoms with Crippen LogP contribution in [0.25, 0.3) is 33.4 Å². The second-order valence-electron chi connectivity index (χ2n) is 17.0. The van der Waals surface area contributed by atoms with Crippen LogP contribution in [0.5, 0.6) is 0 Å². The van der Waals surface area contributed by atoms with E-state index in [-0.39, 0.29) is 10.8 Å². The maximum atomic E-state index is 2.57. The SMILES string of the molecule is CC[C@@H]1C[C@@H]2C[C@H](C)C[C@@H](C2)C12c1ccccc1-c1cc(N(c3ccc4c(c3)C(C)(C)c3ccccc3-4)c3ccccc3-c3ccccc3)ccc12. The first-order chi connectivity index (χ1) is 25.4. The maximum absolute atomic E-state index is 2.57. The van der Waals surface area contributed by atoms with Crippen LogP contribution in [-0.2, 0) is 10.8 Å². The summed E-state index contributed by atoms with van der Waals surface area (Å²) >= 11 is 0. The van der Waals surface area contributed by atoms with Crippen LogP contribution in [0.2, 0.25) is 0 Å². The van der Waals surface area contributed by atoms with Crippen LogP contribution in [0.3, 0.4) is 0 Å². The van der Waals surface area contributed by atoms with Crippen molar-refractivity contribution in [3.05, 3.63) is 162 Å². The average Bonchev–Trinajstić information content (AvgIpc) is 3.59. The highest BCUT2D eigenvalue weighted by Crippen LogP contribution is 2.65. The first kappa shape index (κ1) is 31.8. The van der Waals surface area contributed by atoms with Crippen molar-refractivity contribution in [2.75, 3.05) is 4.90 Å². The van der Waals surface area contributed by atoms with Gasteiger partial charge in [-0.25, -0.2) is 0 Å². The van der Waals surface area contributed by atoms with Gasteiger partial charge in [-0.2, -0.15) is 0 Å². The third kappa shape index (κ3) is 4.47. The standard InChI is InChI=1S/C51H49N/c1-5-36-29-34-27-33(2)28-37(30-34)51(36)46-21-13-10-19-42(46)44-31-38(24-26-47(44)51)52(49-22-14-11-17-40(49)35-15-7-6-8-16-35)39-23-25-43-41-18-9-12-20-45(41)50(3,4)48(43)32-39/h6-26,31-34,36-37H,5,27-30H2,1-4H3/t33-,34-,36+,37-,51?/m0/s1. The molecule has 10 rings (SSSR count). The van der Waals surface area contributed by atoms with E-state index in [1.165, 1.54) is 93.7 Å². The molecule has 0 N–H and O–H groups in total. The number of para-hydroxylation sites is 1. The normalized spacial score (nSPS) is 24.5. The van der Waals surface area contributed by atoms with E-state index in [4.69, 9.17) is 0 Å². The molecule has 0 heterocycles. The maximum Gasteiger partial charge on any atom is 0.0540 e. The lowest BCUT2D eigenvalue weighted by molar-refractivity contribution is 0.0330. The fourth-order valence-electron chi connectivity index (χ4n) is 11.9. The van der Waals surface area contributed by atoms with Crippen molar-refractivity contribution in [3.63, 3.8) is 0 Å². The molecule has 0 radical (unpaired) electrons. The van der Waals surface area contributed by atoms with Gasteiger partial charge in [0.1, 0.15) is 0 Å². The van der Waals surface area contributed by atoms with E-state index < -0.39 is 0 Å². The van der Waals surface area contributed by atoms with Gasteiger partial charge >= 0.3 is 0 Å². The lowest BCUT2D eigenvalue weighted by atomic mass is 9.48. The molecule has 2 fully saturated rings. The summed E-state index contributed by atoms with van der Waals surface area (Å²) in [5.74, 6) is 3.05. The molecule has 0 amide bonds. The zero-order valence-corrected chi connectivity index (χ0v) is 31.1. The molecule has 258 valence electrons. The van der Waals surface area contributed by atoms with Crippen LogP contribution in [0, 0.1) is 23.7 Å². The zero-order chi connectivity index (χ0) is 35.2. The van der Waals surface area contributed by atoms with Gasteiger partial charge in [-0.3, -0.25) is 0 Å². The van der Waals surface area contributed by atoms with Crippen molar-refractivity contribution in [2.24, 2.45) is 23.7 Å². The Hall–Kier alpha value is -4.88. The van der Waals surface area contributed by atoms with Crippen molar-refractivity contribution in [2.45, 2.75) is 70.6 Å². The Balaban J connectivity index is 1.20. The molecule has 52 heavy (non-hydrogen) atoms. The average molecular weight is 676 g/mol. The van der Waals surface area contributed by atoms with E-state index in [0.717, 1.165) is 11.8 Å². The number of rotatable bonds is 5. The van der Waals surface area contributed by atoms with Crippen LogP contribution in [0.15, 0.2) is 140 Å². The van der Waals surface area contributed by atoms with Crippen LogP contribution in [-0.4, -0.2) is 0 Å². The summed E-state index contributed by atoms with van der Waals surface area (Å²) in [5, 5.41) is 0. The van der Waals surface area contributed by atoms with E-state index >= 15 is 0 Å². The molecule has 0 aliphatic heterocycles. The van der Waals surface area contributed by atoms with E-state index in [2.05, 4.69) is 172 Å². The van der Waals surface area contributed by atoms with Gasteiger partial charge in [-0.05, 0) is 130 Å². The monoisotopic (exact) mass is 675 g/mol. The molecule has 1 heteroatoms. The van der Waals surface area contributed by atoms with Crippen LogP contribution < -0.4 is 4.90 Å². The zero-order valence-electron chi connectivity index (χ0n) is 31.1. The molecule has 1 unspecified atom stereocenters. The molecule has 5 atom stereocenters. The van der Waals surface area contributed by atoms with Crippen molar-refractivity contribution in [3.8, 4) is 33.4 Å². The minimum absolute atomic E-state index is 0.0824. The predicted molar refractivity (Wildman–Crippen MR) is 219 cm³/mol. The van der Waals surface area contributed by atoms with Crippen molar-refractivity contribution in [1.29, 1.82) is 0 Å². The van der Waals surface area contributed by atoms with Crippen molar-refractivity contribution < 1.29 is 0 Å². The third-order valence-electron chi connectivity index (χ3n) is 13.9. The van der Waals surface area contributed by atoms with Gasteiger partial charge in [0.05, 0.1) is 5.69 Å². The summed E-state index contributed by atoms with van der Waals surface area (Å²) in [4.78, 5) is 2.55. The number of fused-ring (bicyclic) bond motifs is 11. The predicted octanol–water partition coefficient (Wildman–Crippen LogP) is 13.9. The lowest BCUT2D eigenvalue weighted by Gasteiger charge is -2.55. The summed E-state index contributed by atoms with van der Waals surface area (Å²) in [6.45, 7) is 9.76. The number of hydrogen-bond donors (Lipinski definition) is 0. The Morgan fingerprint density at radius 3 is 1.94 bits per heavy atom. The summed E-state index contributed by atoms with van der Waals surface area (Å²) in [5.41, 5.74) is 17.7. The molecule has 1 spiro atoms. The van der Waals surface area contributed by atoms with E-state index in [1.807, 2.05) is 0 Å². The van der Waals surface area contributed by atoms with Crippen LogP contribution in [0.4, 0.5) is 17.1 Å². The minimum atomic E-state index is -0.0824. The second-order valence-corrected chi connectivity index (χ2v) is 17.0. The molecular weight excluding hydrogens is 627 g/mol. The molecule has 0 aromatic heterocycles. The number of hydrogen-bond acceptors (Lipinski definition) is 1. The fraction of sp³-hybridized carbons (Fsp3) is 0.294. The van der Waals surface area contributed by atoms with Gasteiger partial charge < -0.3 is 4.90 Å². The van der Waals surface area contributed by atoms with Gasteiger partial charge in [0.25, 0.3) is 0 Å². The largest absolute Gasteiger partial charge is 0.310 e. The number of nitrogens with zero attached hydrogens (tertiary/aromatic N) is 1.